The first-order chi connectivity index (χ1) is 13.5. The standard InChI is InChI=1S/C25H35FOS/c1-4-6-14-25(18-27,15-7-5-2)19-28-24-13-8-20(3)16-22(24)17-21-9-11-23(26)12-10-21/h8-13,16,27H,4-7,14-15,17-19H2,1-3H3. The molecule has 0 aliphatic carbocycles. The van der Waals surface area contributed by atoms with Crippen LogP contribution in [0.4, 0.5) is 4.39 Å². The Morgan fingerprint density at radius 1 is 0.964 bits per heavy atom. The quantitative estimate of drug-likeness (QED) is 0.380. The largest absolute Gasteiger partial charge is 0.396 e. The van der Waals surface area contributed by atoms with Crippen molar-refractivity contribution in [3.63, 3.8) is 0 Å². The van der Waals surface area contributed by atoms with Crippen molar-refractivity contribution in [3.8, 4) is 0 Å². The lowest BCUT2D eigenvalue weighted by Crippen LogP contribution is -2.28. The zero-order valence-electron chi connectivity index (χ0n) is 17.6. The third-order valence-corrected chi connectivity index (χ3v) is 6.98. The van der Waals surface area contributed by atoms with Gasteiger partial charge in [0.15, 0.2) is 0 Å². The van der Waals surface area contributed by atoms with Crippen LogP contribution in [0, 0.1) is 18.2 Å². The number of thioether (sulfide) groups is 1. The number of unbranched alkanes of at least 4 members (excludes halogenated alkanes) is 2. The van der Waals surface area contributed by atoms with Gasteiger partial charge in [-0.2, -0.15) is 0 Å². The molecule has 0 amide bonds. The summed E-state index contributed by atoms with van der Waals surface area (Å²) in [4.78, 5) is 1.28. The van der Waals surface area contributed by atoms with Gasteiger partial charge in [-0.1, -0.05) is 69.4 Å². The molecule has 0 atom stereocenters. The summed E-state index contributed by atoms with van der Waals surface area (Å²) in [5.41, 5.74) is 3.66. The van der Waals surface area contributed by atoms with Crippen molar-refractivity contribution >= 4 is 11.8 Å². The molecule has 28 heavy (non-hydrogen) atoms. The molecular weight excluding hydrogens is 367 g/mol. The van der Waals surface area contributed by atoms with Crippen LogP contribution in [0.1, 0.15) is 69.1 Å². The Balaban J connectivity index is 2.17. The summed E-state index contributed by atoms with van der Waals surface area (Å²) in [6.45, 7) is 6.81. The second kappa shape index (κ2) is 11.6. The van der Waals surface area contributed by atoms with Gasteiger partial charge in [0.25, 0.3) is 0 Å². The van der Waals surface area contributed by atoms with E-state index in [0.29, 0.717) is 0 Å². The average molecular weight is 403 g/mol. The van der Waals surface area contributed by atoms with Crippen LogP contribution in [0.3, 0.4) is 0 Å². The highest BCUT2D eigenvalue weighted by atomic mass is 32.2. The summed E-state index contributed by atoms with van der Waals surface area (Å²) in [5.74, 6) is 0.755. The molecule has 2 aromatic rings. The van der Waals surface area contributed by atoms with E-state index in [2.05, 4.69) is 39.0 Å². The summed E-state index contributed by atoms with van der Waals surface area (Å²) >= 11 is 1.88. The van der Waals surface area contributed by atoms with Crippen molar-refractivity contribution in [2.75, 3.05) is 12.4 Å². The van der Waals surface area contributed by atoms with Crippen molar-refractivity contribution in [3.05, 3.63) is 65.0 Å². The zero-order chi connectivity index (χ0) is 20.4. The minimum Gasteiger partial charge on any atom is -0.396 e. The number of hydrogen-bond donors (Lipinski definition) is 1. The van der Waals surface area contributed by atoms with E-state index in [1.165, 1.54) is 53.8 Å². The maximum atomic E-state index is 13.2. The molecule has 0 aliphatic heterocycles. The van der Waals surface area contributed by atoms with Gasteiger partial charge >= 0.3 is 0 Å². The van der Waals surface area contributed by atoms with E-state index < -0.39 is 0 Å². The molecule has 0 bridgehead atoms. The fraction of sp³-hybridized carbons (Fsp3) is 0.520. The molecule has 0 saturated heterocycles. The Bertz CT molecular complexity index is 703. The minimum absolute atomic E-state index is 0.00865. The van der Waals surface area contributed by atoms with Crippen LogP contribution < -0.4 is 0 Å². The van der Waals surface area contributed by atoms with E-state index in [1.54, 1.807) is 0 Å². The number of benzene rings is 2. The highest BCUT2D eigenvalue weighted by Gasteiger charge is 2.28. The van der Waals surface area contributed by atoms with Crippen molar-refractivity contribution in [2.24, 2.45) is 5.41 Å². The third kappa shape index (κ3) is 6.93. The molecular formula is C25H35FOS. The van der Waals surface area contributed by atoms with Crippen LogP contribution in [0.25, 0.3) is 0 Å². The van der Waals surface area contributed by atoms with Crippen LogP contribution in [0.15, 0.2) is 47.4 Å². The molecule has 0 fully saturated rings. The van der Waals surface area contributed by atoms with Crippen LogP contribution in [-0.4, -0.2) is 17.5 Å². The highest BCUT2D eigenvalue weighted by Crippen LogP contribution is 2.38. The summed E-state index contributed by atoms with van der Waals surface area (Å²) in [5, 5.41) is 10.2. The molecule has 0 unspecified atom stereocenters. The van der Waals surface area contributed by atoms with Crippen LogP contribution in [-0.2, 0) is 6.42 Å². The number of halogens is 1. The Hall–Kier alpha value is -1.32. The summed E-state index contributed by atoms with van der Waals surface area (Å²) < 4.78 is 13.2. The van der Waals surface area contributed by atoms with Gasteiger partial charge in [-0.25, -0.2) is 4.39 Å². The molecule has 3 heteroatoms. The molecule has 1 nitrogen and oxygen atoms in total. The maximum Gasteiger partial charge on any atom is 0.123 e. The molecule has 1 N–H and O–H groups in total. The van der Waals surface area contributed by atoms with E-state index in [0.717, 1.165) is 30.6 Å². The Labute approximate surface area is 174 Å². The molecule has 0 radical (unpaired) electrons. The predicted molar refractivity (Wildman–Crippen MR) is 120 cm³/mol. The number of rotatable bonds is 12. The number of aliphatic hydroxyl groups excluding tert-OH is 1. The van der Waals surface area contributed by atoms with Gasteiger partial charge in [0.05, 0.1) is 0 Å². The van der Waals surface area contributed by atoms with Crippen LogP contribution >= 0.6 is 11.8 Å². The first-order valence-corrected chi connectivity index (χ1v) is 11.6. The number of aliphatic hydroxyl groups is 1. The monoisotopic (exact) mass is 402 g/mol. The molecule has 2 rings (SSSR count). The summed E-state index contributed by atoms with van der Waals surface area (Å²) in [6, 6.07) is 13.4. The Morgan fingerprint density at radius 2 is 1.61 bits per heavy atom. The fourth-order valence-corrected chi connectivity index (χ4v) is 4.94. The van der Waals surface area contributed by atoms with Gasteiger partial charge in [-0.15, -0.1) is 11.8 Å². The Kier molecular flexibility index (Phi) is 9.53. The summed E-state index contributed by atoms with van der Waals surface area (Å²) in [6.07, 6.45) is 7.65. The molecule has 0 saturated carbocycles. The molecule has 0 aliphatic rings. The van der Waals surface area contributed by atoms with Gasteiger partial charge in [0, 0.05) is 22.7 Å². The van der Waals surface area contributed by atoms with Crippen molar-refractivity contribution in [2.45, 2.75) is 70.6 Å². The van der Waals surface area contributed by atoms with E-state index in [4.69, 9.17) is 0 Å². The first kappa shape index (κ1) is 23.0. The topological polar surface area (TPSA) is 20.2 Å². The minimum atomic E-state index is -0.192. The maximum absolute atomic E-state index is 13.2. The fourth-order valence-electron chi connectivity index (χ4n) is 3.62. The molecule has 154 valence electrons. The van der Waals surface area contributed by atoms with Crippen molar-refractivity contribution < 1.29 is 9.50 Å². The van der Waals surface area contributed by atoms with Gasteiger partial charge < -0.3 is 5.11 Å². The van der Waals surface area contributed by atoms with Gasteiger partial charge in [-0.3, -0.25) is 0 Å². The van der Waals surface area contributed by atoms with Gasteiger partial charge in [0.1, 0.15) is 5.82 Å². The smallest absolute Gasteiger partial charge is 0.123 e. The van der Waals surface area contributed by atoms with Crippen LogP contribution in [0.5, 0.6) is 0 Å². The van der Waals surface area contributed by atoms with E-state index in [9.17, 15) is 9.50 Å². The van der Waals surface area contributed by atoms with Crippen molar-refractivity contribution in [1.82, 2.24) is 0 Å². The zero-order valence-corrected chi connectivity index (χ0v) is 18.5. The van der Waals surface area contributed by atoms with Crippen molar-refractivity contribution in [1.29, 1.82) is 0 Å². The lowest BCUT2D eigenvalue weighted by Gasteiger charge is -2.32. The van der Waals surface area contributed by atoms with E-state index in [1.807, 2.05) is 23.9 Å². The normalized spacial score (nSPS) is 11.8. The molecule has 0 spiro atoms. The number of hydrogen-bond acceptors (Lipinski definition) is 2. The van der Waals surface area contributed by atoms with Gasteiger partial charge in [0.2, 0.25) is 0 Å². The first-order valence-electron chi connectivity index (χ1n) is 10.6. The Morgan fingerprint density at radius 3 is 2.18 bits per heavy atom. The van der Waals surface area contributed by atoms with Gasteiger partial charge in [-0.05, 0) is 55.5 Å². The third-order valence-electron chi connectivity index (χ3n) is 5.51. The second-order valence-electron chi connectivity index (χ2n) is 8.07. The number of aryl methyl sites for hydroxylation is 1. The van der Waals surface area contributed by atoms with Crippen LogP contribution in [0.2, 0.25) is 0 Å². The second-order valence-corrected chi connectivity index (χ2v) is 9.09. The molecule has 0 heterocycles. The van der Waals surface area contributed by atoms with E-state index >= 15 is 0 Å². The predicted octanol–water partition coefficient (Wildman–Crippen LogP) is 7.18. The lowest BCUT2D eigenvalue weighted by molar-refractivity contribution is 0.122. The molecule has 2 aromatic carbocycles. The average Bonchev–Trinajstić information content (AvgIpc) is 2.70. The molecule has 0 aromatic heterocycles. The highest BCUT2D eigenvalue weighted by molar-refractivity contribution is 7.99. The van der Waals surface area contributed by atoms with E-state index in [-0.39, 0.29) is 17.8 Å². The lowest BCUT2D eigenvalue weighted by atomic mass is 9.81. The summed E-state index contributed by atoms with van der Waals surface area (Å²) in [7, 11) is 0. The SMILES string of the molecule is CCCCC(CO)(CCCC)CSc1ccc(C)cc1Cc1ccc(F)cc1.